The van der Waals surface area contributed by atoms with Gasteiger partial charge in [-0.1, -0.05) is 40.7 Å². The van der Waals surface area contributed by atoms with Crippen LogP contribution in [-0.2, 0) is 14.4 Å². The van der Waals surface area contributed by atoms with Crippen LogP contribution in [0.25, 0.3) is 0 Å². The third-order valence-electron chi connectivity index (χ3n) is 5.30. The monoisotopic (exact) mass is 365 g/mol. The molecule has 2 rings (SSSR count). The van der Waals surface area contributed by atoms with Crippen molar-refractivity contribution in [3.63, 3.8) is 0 Å². The largest absolute Gasteiger partial charge is 0.358 e. The molecule has 0 bridgehead atoms. The Labute approximate surface area is 156 Å². The predicted octanol–water partition coefficient (Wildman–Crippen LogP) is 2.81. The first-order valence-corrected chi connectivity index (χ1v) is 9.56. The van der Waals surface area contributed by atoms with Crippen LogP contribution in [0.1, 0.15) is 60.3 Å². The molecule has 3 amide bonds. The van der Waals surface area contributed by atoms with Gasteiger partial charge in [0.15, 0.2) is 0 Å². The fourth-order valence-corrected chi connectivity index (χ4v) is 4.06. The lowest BCUT2D eigenvalue weighted by Gasteiger charge is -2.36. The minimum Gasteiger partial charge on any atom is -0.348 e. The molecular formula is C20H33N2O4+. The molecule has 0 aromatic rings. The van der Waals surface area contributed by atoms with Gasteiger partial charge in [0.2, 0.25) is 6.04 Å². The van der Waals surface area contributed by atoms with Gasteiger partial charge in [0.25, 0.3) is 5.91 Å². The maximum atomic E-state index is 13.2. The lowest BCUT2D eigenvalue weighted by molar-refractivity contribution is -0.990. The number of carbonyl (C=O) groups excluding carboxylic acids is 3. The van der Waals surface area contributed by atoms with Crippen molar-refractivity contribution < 1.29 is 24.2 Å². The summed E-state index contributed by atoms with van der Waals surface area (Å²) >= 11 is 0. The van der Waals surface area contributed by atoms with Gasteiger partial charge in [0.05, 0.1) is 11.8 Å². The van der Waals surface area contributed by atoms with Gasteiger partial charge in [0.1, 0.15) is 0 Å². The molecule has 1 saturated heterocycles. The topological polar surface area (TPSA) is 83.5 Å². The van der Waals surface area contributed by atoms with Crippen molar-refractivity contribution in [2.24, 2.45) is 23.2 Å². The van der Waals surface area contributed by atoms with Crippen LogP contribution in [0.3, 0.4) is 0 Å². The molecule has 6 heteroatoms. The molecule has 1 aliphatic carbocycles. The first kappa shape index (κ1) is 20.8. The summed E-state index contributed by atoms with van der Waals surface area (Å²) in [5.41, 5.74) is -0.759. The second-order valence-corrected chi connectivity index (χ2v) is 9.28. The third kappa shape index (κ3) is 3.76. The zero-order valence-electron chi connectivity index (χ0n) is 16.6. The Kier molecular flexibility index (Phi) is 5.78. The Morgan fingerprint density at radius 1 is 1.27 bits per heavy atom. The van der Waals surface area contributed by atoms with Crippen LogP contribution in [0.4, 0.5) is 0 Å². The molecule has 1 heterocycles. The Bertz CT molecular complexity index is 603. The van der Waals surface area contributed by atoms with Crippen LogP contribution >= 0.6 is 0 Å². The van der Waals surface area contributed by atoms with E-state index in [2.05, 4.69) is 11.9 Å². The quantitative estimate of drug-likeness (QED) is 0.314. The van der Waals surface area contributed by atoms with Crippen molar-refractivity contribution in [1.29, 1.82) is 0 Å². The van der Waals surface area contributed by atoms with Crippen LogP contribution in [0, 0.1) is 23.2 Å². The standard InChI is InChI=1S/C20H32N2O4/c1-7-8-14-15(11-12(2)3)19(25)22(26,18(14)24)16(20(4,5)6)17(23)21-13-9-10-13/h7,12-16,26H,1,8-11H2,2-6H3/p+1/t14-,15+,16?,22?/m0/s1. The van der Waals surface area contributed by atoms with Gasteiger partial charge in [-0.3, -0.25) is 4.79 Å². The number of rotatable bonds is 7. The summed E-state index contributed by atoms with van der Waals surface area (Å²) in [6, 6.07) is -1.07. The summed E-state index contributed by atoms with van der Waals surface area (Å²) in [5.74, 6) is -2.58. The van der Waals surface area contributed by atoms with Gasteiger partial charge in [-0.15, -0.1) is 6.58 Å². The van der Waals surface area contributed by atoms with E-state index in [1.54, 1.807) is 26.8 Å². The number of nitrogens with zero attached hydrogens (tertiary/aromatic N) is 1. The highest BCUT2D eigenvalue weighted by molar-refractivity contribution is 5.98. The summed E-state index contributed by atoms with van der Waals surface area (Å²) in [4.78, 5) is 39.3. The van der Waals surface area contributed by atoms with Crippen molar-refractivity contribution in [2.75, 3.05) is 0 Å². The smallest absolute Gasteiger partial charge is 0.348 e. The average Bonchev–Trinajstić information content (AvgIpc) is 3.28. The fourth-order valence-electron chi connectivity index (χ4n) is 4.06. The van der Waals surface area contributed by atoms with Gasteiger partial charge in [-0.2, -0.15) is 0 Å². The number of amides is 3. The van der Waals surface area contributed by atoms with Crippen LogP contribution in [0.15, 0.2) is 12.7 Å². The fraction of sp³-hybridized carbons (Fsp3) is 0.750. The van der Waals surface area contributed by atoms with E-state index in [-0.39, 0.29) is 12.0 Å². The van der Waals surface area contributed by atoms with Crippen LogP contribution < -0.4 is 5.32 Å². The molecule has 1 aliphatic heterocycles. The number of quaternary nitrogens is 1. The summed E-state index contributed by atoms with van der Waals surface area (Å²) < 4.78 is -1.42. The van der Waals surface area contributed by atoms with Crippen LogP contribution in [0.2, 0.25) is 0 Å². The van der Waals surface area contributed by atoms with E-state index in [9.17, 15) is 19.6 Å². The molecule has 4 atom stereocenters. The van der Waals surface area contributed by atoms with Crippen molar-refractivity contribution in [1.82, 2.24) is 5.32 Å². The molecule has 1 saturated carbocycles. The minimum absolute atomic E-state index is 0.0854. The number of hydroxylamine groups is 3. The summed E-state index contributed by atoms with van der Waals surface area (Å²) in [6.45, 7) is 13.0. The first-order valence-electron chi connectivity index (χ1n) is 9.56. The zero-order valence-corrected chi connectivity index (χ0v) is 16.6. The number of hydrogen-bond donors (Lipinski definition) is 2. The number of hydrogen-bond acceptors (Lipinski definition) is 4. The van der Waals surface area contributed by atoms with Gasteiger partial charge < -0.3 is 5.32 Å². The number of nitrogens with one attached hydrogen (secondary N) is 1. The average molecular weight is 365 g/mol. The van der Waals surface area contributed by atoms with E-state index in [0.717, 1.165) is 12.8 Å². The maximum Gasteiger partial charge on any atom is 0.358 e. The van der Waals surface area contributed by atoms with E-state index in [0.29, 0.717) is 12.8 Å². The molecule has 2 fully saturated rings. The van der Waals surface area contributed by atoms with Gasteiger partial charge in [0, 0.05) is 11.5 Å². The molecule has 2 aliphatic rings. The van der Waals surface area contributed by atoms with Crippen molar-refractivity contribution in [2.45, 2.75) is 72.4 Å². The molecular weight excluding hydrogens is 332 g/mol. The van der Waals surface area contributed by atoms with Crippen LogP contribution in [-0.4, -0.2) is 39.7 Å². The van der Waals surface area contributed by atoms with E-state index < -0.39 is 45.7 Å². The molecule has 2 unspecified atom stereocenters. The normalized spacial score (nSPS) is 30.6. The lowest BCUT2D eigenvalue weighted by atomic mass is 9.84. The van der Waals surface area contributed by atoms with E-state index >= 15 is 0 Å². The second kappa shape index (κ2) is 7.24. The van der Waals surface area contributed by atoms with Gasteiger partial charge in [-0.25, -0.2) is 14.8 Å². The molecule has 26 heavy (non-hydrogen) atoms. The molecule has 0 radical (unpaired) electrons. The lowest BCUT2D eigenvalue weighted by Crippen LogP contribution is -2.67. The van der Waals surface area contributed by atoms with Crippen LogP contribution in [0.5, 0.6) is 0 Å². The minimum atomic E-state index is -1.42. The van der Waals surface area contributed by atoms with Crippen molar-refractivity contribution in [3.05, 3.63) is 12.7 Å². The predicted molar refractivity (Wildman–Crippen MR) is 97.7 cm³/mol. The van der Waals surface area contributed by atoms with Crippen molar-refractivity contribution in [3.8, 4) is 0 Å². The molecule has 0 aromatic heterocycles. The highest BCUT2D eigenvalue weighted by Crippen LogP contribution is 2.43. The molecule has 0 aromatic carbocycles. The van der Waals surface area contributed by atoms with Gasteiger partial charge in [-0.05, 0) is 36.2 Å². The molecule has 2 N–H and O–H groups in total. The molecule has 6 nitrogen and oxygen atoms in total. The number of carbonyl (C=O) groups is 3. The van der Waals surface area contributed by atoms with E-state index in [1.165, 1.54) is 0 Å². The summed E-state index contributed by atoms with van der Waals surface area (Å²) in [6.07, 6.45) is 4.22. The zero-order chi connectivity index (χ0) is 19.9. The number of imide groups is 1. The Morgan fingerprint density at radius 2 is 1.81 bits per heavy atom. The maximum absolute atomic E-state index is 13.2. The number of allylic oxidation sites excluding steroid dienone is 1. The Hall–Kier alpha value is -1.53. The van der Waals surface area contributed by atoms with E-state index in [4.69, 9.17) is 0 Å². The first-order chi connectivity index (χ1) is 11.9. The Balaban J connectivity index is 2.46. The SMILES string of the molecule is C=CC[C@@H]1C(=O)[N+](O)(C(C(=O)NC2CC2)C(C)(C)C)C(=O)[C@@H]1CC(C)C. The summed E-state index contributed by atoms with van der Waals surface area (Å²) in [7, 11) is 0. The van der Waals surface area contributed by atoms with Crippen molar-refractivity contribution >= 4 is 17.7 Å². The highest BCUT2D eigenvalue weighted by atomic mass is 16.6. The highest BCUT2D eigenvalue weighted by Gasteiger charge is 2.69. The second-order valence-electron chi connectivity index (χ2n) is 9.28. The Morgan fingerprint density at radius 3 is 2.23 bits per heavy atom. The van der Waals surface area contributed by atoms with E-state index in [1.807, 2.05) is 13.8 Å². The number of likely N-dealkylation sites (tertiary alicyclic amines) is 1. The molecule has 0 spiro atoms. The third-order valence-corrected chi connectivity index (χ3v) is 5.30. The van der Waals surface area contributed by atoms with Gasteiger partial charge >= 0.3 is 11.8 Å². The molecule has 146 valence electrons. The summed E-state index contributed by atoms with van der Waals surface area (Å²) in [5, 5.41) is 14.2.